The van der Waals surface area contributed by atoms with E-state index in [1.807, 2.05) is 13.8 Å². The number of fused-ring (bicyclic) bond motifs is 7. The summed E-state index contributed by atoms with van der Waals surface area (Å²) in [6.07, 6.45) is 7.14. The molecule has 37 heavy (non-hydrogen) atoms. The normalized spacial score (nSPS) is 49.5. The molecule has 8 nitrogen and oxygen atoms in total. The van der Waals surface area contributed by atoms with Crippen molar-refractivity contribution in [2.75, 3.05) is 6.61 Å². The van der Waals surface area contributed by atoms with Gasteiger partial charge in [0.15, 0.2) is 0 Å². The molecule has 6 aliphatic rings. The summed E-state index contributed by atoms with van der Waals surface area (Å²) in [5, 5.41) is 0. The van der Waals surface area contributed by atoms with Crippen LogP contribution in [0.1, 0.15) is 72.1 Å². The minimum Gasteiger partial charge on any atom is -0.458 e. The van der Waals surface area contributed by atoms with Crippen LogP contribution in [0.4, 0.5) is 0 Å². The molecular weight excluding hydrogens is 496 g/mol. The fourth-order valence-electron chi connectivity index (χ4n) is 9.58. The highest BCUT2D eigenvalue weighted by molar-refractivity contribution is 7.80. The maximum absolute atomic E-state index is 13.5. The first-order valence-corrected chi connectivity index (χ1v) is 15.1. The van der Waals surface area contributed by atoms with Crippen molar-refractivity contribution in [3.05, 3.63) is 23.8 Å². The summed E-state index contributed by atoms with van der Waals surface area (Å²) in [5.41, 5.74) is 0.213. The molecule has 5 fully saturated rings. The van der Waals surface area contributed by atoms with Gasteiger partial charge in [-0.1, -0.05) is 25.2 Å². The van der Waals surface area contributed by atoms with Crippen LogP contribution >= 0.6 is 0 Å². The molecule has 0 aromatic carbocycles. The van der Waals surface area contributed by atoms with Crippen molar-refractivity contribution in [1.82, 2.24) is 0 Å². The average molecular weight is 535 g/mol. The van der Waals surface area contributed by atoms with Gasteiger partial charge in [0.05, 0.1) is 23.7 Å². The Kier molecular flexibility index (Phi) is 5.72. The second-order valence-electron chi connectivity index (χ2n) is 13.1. The first-order chi connectivity index (χ1) is 17.3. The first kappa shape index (κ1) is 25.7. The minimum atomic E-state index is -4.61. The first-order valence-electron chi connectivity index (χ1n) is 13.7. The second-order valence-corrected chi connectivity index (χ2v) is 14.1. The fourth-order valence-corrected chi connectivity index (χ4v) is 10.1. The number of ether oxygens (including phenoxy) is 2. The number of carbonyl (C=O) groups is 2. The molecule has 2 bridgehead atoms. The van der Waals surface area contributed by atoms with Crippen LogP contribution in [0.2, 0.25) is 0 Å². The van der Waals surface area contributed by atoms with Gasteiger partial charge in [-0.2, -0.15) is 8.42 Å². The summed E-state index contributed by atoms with van der Waals surface area (Å²) >= 11 is 0. The number of hydrogen-bond donors (Lipinski definition) is 1. The van der Waals surface area contributed by atoms with Gasteiger partial charge < -0.3 is 9.47 Å². The molecule has 2 heterocycles. The zero-order valence-electron chi connectivity index (χ0n) is 21.9. The molecule has 9 heteroatoms. The molecule has 0 amide bonds. The lowest BCUT2D eigenvalue weighted by molar-refractivity contribution is -0.200. The standard InChI is InChI=1S/C28H38O8S/c1-15-25(30)35-23-13-27(15,3)34-14-19(23)21-8-7-20-18-6-5-16-11-17(36-37(31,32)33)12-24(29)28(16,4)22(18)9-10-26(20,21)2/h5,17-23H,1,6-14H2,2-4H3,(H,31,32,33)/t17-,18+,19+,20+,21-,22-,23-,26+,27-,28+/m1/s1. The number of carbonyl (C=O) groups excluding carboxylic acids is 2. The van der Waals surface area contributed by atoms with Gasteiger partial charge in [0, 0.05) is 18.8 Å². The topological polar surface area (TPSA) is 116 Å². The molecular formula is C28H38O8S. The Morgan fingerprint density at radius 2 is 1.76 bits per heavy atom. The van der Waals surface area contributed by atoms with Gasteiger partial charge in [0.25, 0.3) is 0 Å². The van der Waals surface area contributed by atoms with Crippen LogP contribution in [-0.4, -0.2) is 49.1 Å². The number of hydrogen-bond acceptors (Lipinski definition) is 7. The Labute approximate surface area is 219 Å². The van der Waals surface area contributed by atoms with Gasteiger partial charge in [-0.05, 0) is 81.5 Å². The van der Waals surface area contributed by atoms with Crippen molar-refractivity contribution >= 4 is 22.2 Å². The predicted octanol–water partition coefficient (Wildman–Crippen LogP) is 4.21. The van der Waals surface area contributed by atoms with Crippen LogP contribution in [0, 0.1) is 40.4 Å². The zero-order valence-corrected chi connectivity index (χ0v) is 22.7. The van der Waals surface area contributed by atoms with Crippen LogP contribution in [0.25, 0.3) is 0 Å². The Morgan fingerprint density at radius 1 is 1.05 bits per heavy atom. The van der Waals surface area contributed by atoms with E-state index in [0.717, 1.165) is 37.7 Å². The number of esters is 1. The highest BCUT2D eigenvalue weighted by Crippen LogP contribution is 2.67. The van der Waals surface area contributed by atoms with Crippen molar-refractivity contribution in [1.29, 1.82) is 0 Å². The summed E-state index contributed by atoms with van der Waals surface area (Å²) in [4.78, 5) is 26.0. The van der Waals surface area contributed by atoms with Crippen molar-refractivity contribution in [2.45, 2.75) is 89.9 Å². The van der Waals surface area contributed by atoms with Gasteiger partial charge in [0.2, 0.25) is 0 Å². The zero-order chi connectivity index (χ0) is 26.5. The summed E-state index contributed by atoms with van der Waals surface area (Å²) in [6.45, 7) is 10.9. The quantitative estimate of drug-likeness (QED) is 0.248. The lowest BCUT2D eigenvalue weighted by atomic mass is 9.46. The molecule has 0 aromatic heterocycles. The van der Waals surface area contributed by atoms with Crippen LogP contribution in [0.5, 0.6) is 0 Å². The van der Waals surface area contributed by atoms with E-state index >= 15 is 0 Å². The SMILES string of the molecule is C=C1C(=O)O[C@@H]2C[C@@]1(C)OC[C@H]2[C@H]1CC[C@H]2[C@@H]3CC=C4C[C@@H](OS(=O)(=O)O)CC(=O)[C@]4(C)[C@@H]3CC[C@]12C. The second kappa shape index (κ2) is 8.23. The summed E-state index contributed by atoms with van der Waals surface area (Å²) in [5.74, 6) is 1.29. The molecule has 0 unspecified atom stereocenters. The van der Waals surface area contributed by atoms with Gasteiger partial charge in [0.1, 0.15) is 17.5 Å². The monoisotopic (exact) mass is 534 g/mol. The summed E-state index contributed by atoms with van der Waals surface area (Å²) in [7, 11) is -4.61. The lowest BCUT2D eigenvalue weighted by Crippen LogP contribution is -2.58. The molecule has 4 aliphatic carbocycles. The summed E-state index contributed by atoms with van der Waals surface area (Å²) < 4.78 is 48.7. The van der Waals surface area contributed by atoms with Crippen LogP contribution < -0.4 is 0 Å². The van der Waals surface area contributed by atoms with Crippen LogP contribution in [0.3, 0.4) is 0 Å². The van der Waals surface area contributed by atoms with E-state index in [1.165, 1.54) is 0 Å². The van der Waals surface area contributed by atoms with E-state index in [9.17, 15) is 18.0 Å². The van der Waals surface area contributed by atoms with E-state index in [4.69, 9.17) is 18.2 Å². The van der Waals surface area contributed by atoms with Crippen molar-refractivity contribution < 1.29 is 36.2 Å². The van der Waals surface area contributed by atoms with E-state index in [0.29, 0.717) is 42.8 Å². The Hall–Kier alpha value is -1.55. The number of ketones is 1. The maximum atomic E-state index is 13.5. The van der Waals surface area contributed by atoms with Crippen molar-refractivity contribution in [2.24, 2.45) is 40.4 Å². The Morgan fingerprint density at radius 3 is 2.46 bits per heavy atom. The third-order valence-corrected chi connectivity index (χ3v) is 12.1. The minimum absolute atomic E-state index is 0.00205. The van der Waals surface area contributed by atoms with E-state index < -0.39 is 27.5 Å². The smallest absolute Gasteiger partial charge is 0.397 e. The highest BCUT2D eigenvalue weighted by Gasteiger charge is 2.63. The molecule has 0 radical (unpaired) electrons. The maximum Gasteiger partial charge on any atom is 0.397 e. The Balaban J connectivity index is 1.24. The molecule has 0 aromatic rings. The van der Waals surface area contributed by atoms with Gasteiger partial charge in [-0.3, -0.25) is 9.35 Å². The predicted molar refractivity (Wildman–Crippen MR) is 133 cm³/mol. The molecule has 1 N–H and O–H groups in total. The average Bonchev–Trinajstić information content (AvgIpc) is 3.15. The van der Waals surface area contributed by atoms with Gasteiger partial charge in [-0.25, -0.2) is 8.98 Å². The van der Waals surface area contributed by atoms with Crippen LogP contribution in [-0.2, 0) is 33.6 Å². The van der Waals surface area contributed by atoms with Crippen LogP contribution in [0.15, 0.2) is 23.8 Å². The van der Waals surface area contributed by atoms with Gasteiger partial charge in [-0.15, -0.1) is 0 Å². The third kappa shape index (κ3) is 3.74. The molecule has 0 spiro atoms. The van der Waals surface area contributed by atoms with Crippen molar-refractivity contribution in [3.8, 4) is 0 Å². The summed E-state index contributed by atoms with van der Waals surface area (Å²) in [6, 6.07) is 0. The molecule has 2 saturated heterocycles. The Bertz CT molecular complexity index is 1190. The number of Topliss-reactive ketones (excluding diaryl/α,β-unsaturated/α-hetero) is 1. The molecule has 10 atom stereocenters. The molecule has 204 valence electrons. The number of rotatable bonds is 3. The fraction of sp³-hybridized carbons (Fsp3) is 0.786. The number of allylic oxidation sites excluding steroid dienone is 1. The van der Waals surface area contributed by atoms with Gasteiger partial charge >= 0.3 is 16.4 Å². The lowest BCUT2D eigenvalue weighted by Gasteiger charge is -2.58. The molecule has 6 rings (SSSR count). The molecule has 3 saturated carbocycles. The van der Waals surface area contributed by atoms with E-state index in [2.05, 4.69) is 19.6 Å². The van der Waals surface area contributed by atoms with E-state index in [-0.39, 0.29) is 41.5 Å². The van der Waals surface area contributed by atoms with E-state index in [1.54, 1.807) is 0 Å². The van der Waals surface area contributed by atoms with Crippen molar-refractivity contribution in [3.63, 3.8) is 0 Å². The highest BCUT2D eigenvalue weighted by atomic mass is 32.3. The largest absolute Gasteiger partial charge is 0.458 e. The molecule has 2 aliphatic heterocycles. The third-order valence-electron chi connectivity index (χ3n) is 11.6.